The van der Waals surface area contributed by atoms with E-state index in [1.54, 1.807) is 6.07 Å². The van der Waals surface area contributed by atoms with Gasteiger partial charge in [0.1, 0.15) is 11.9 Å². The molecule has 2 rings (SSSR count). The Morgan fingerprint density at radius 1 is 1.50 bits per heavy atom. The Morgan fingerprint density at radius 2 is 2.25 bits per heavy atom. The Kier molecular flexibility index (Phi) is 5.18. The molecule has 90 valence electrons. The van der Waals surface area contributed by atoms with Crippen molar-refractivity contribution in [2.24, 2.45) is 0 Å². The minimum Gasteiger partial charge on any atom is -0.483 e. The van der Waals surface area contributed by atoms with Crippen LogP contribution in [0.25, 0.3) is 0 Å². The first-order valence-electron chi connectivity index (χ1n) is 5.19. The fourth-order valence-electron chi connectivity index (χ4n) is 1.55. The molecule has 4 nitrogen and oxygen atoms in total. The lowest BCUT2D eigenvalue weighted by atomic mass is 10.2. The van der Waals surface area contributed by atoms with E-state index in [0.717, 1.165) is 32.3 Å². The number of nitrogens with one attached hydrogen (secondary N) is 1. The summed E-state index contributed by atoms with van der Waals surface area (Å²) in [5, 5.41) is 10.2. The largest absolute Gasteiger partial charge is 0.483 e. The molecule has 5 N–H and O–H groups in total. The molecule has 1 atom stereocenters. The fraction of sp³-hybridized carbons (Fsp3) is 0.455. The highest BCUT2D eigenvalue weighted by atomic mass is 19.1. The average molecular weight is 229 g/mol. The molecule has 16 heavy (non-hydrogen) atoms. The molecular formula is C11H18FN2O2+. The quantitative estimate of drug-likeness (QED) is 0.671. The maximum Gasteiger partial charge on any atom is 0.183 e. The molecule has 1 fully saturated rings. The lowest BCUT2D eigenvalue weighted by Crippen LogP contribution is -2.41. The molecule has 0 spiro atoms. The van der Waals surface area contributed by atoms with Crippen molar-refractivity contribution in [3.05, 3.63) is 24.0 Å². The van der Waals surface area contributed by atoms with Crippen molar-refractivity contribution in [3.8, 4) is 5.75 Å². The molecule has 0 aromatic heterocycles. The maximum absolute atomic E-state index is 12.9. The van der Waals surface area contributed by atoms with Crippen molar-refractivity contribution in [3.63, 3.8) is 0 Å². The monoisotopic (exact) mass is 229 g/mol. The minimum atomic E-state index is -0.279. The highest BCUT2D eigenvalue weighted by Crippen LogP contribution is 2.22. The van der Waals surface area contributed by atoms with Crippen molar-refractivity contribution in [1.82, 2.24) is 5.32 Å². The minimum absolute atomic E-state index is 0.150. The molecule has 0 bridgehead atoms. The molecule has 1 aromatic carbocycles. The van der Waals surface area contributed by atoms with Crippen LogP contribution in [0.5, 0.6) is 5.75 Å². The van der Waals surface area contributed by atoms with Crippen LogP contribution >= 0.6 is 0 Å². The van der Waals surface area contributed by atoms with Crippen molar-refractivity contribution in [1.29, 1.82) is 0 Å². The molecule has 0 amide bonds. The summed E-state index contributed by atoms with van der Waals surface area (Å²) < 4.78 is 18.5. The third-order valence-electron chi connectivity index (χ3n) is 2.34. The van der Waals surface area contributed by atoms with Gasteiger partial charge in [-0.1, -0.05) is 0 Å². The fourth-order valence-corrected chi connectivity index (χ4v) is 1.55. The van der Waals surface area contributed by atoms with Gasteiger partial charge in [0.25, 0.3) is 0 Å². The van der Waals surface area contributed by atoms with Gasteiger partial charge in [-0.15, -0.1) is 0 Å². The Labute approximate surface area is 94.2 Å². The van der Waals surface area contributed by atoms with Gasteiger partial charge in [-0.05, 0) is 19.0 Å². The second-order valence-corrected chi connectivity index (χ2v) is 3.48. The van der Waals surface area contributed by atoms with Crippen LogP contribution in [-0.4, -0.2) is 31.4 Å². The van der Waals surface area contributed by atoms with Crippen LogP contribution in [0.1, 0.15) is 6.42 Å². The zero-order valence-electron chi connectivity index (χ0n) is 9.37. The summed E-state index contributed by atoms with van der Waals surface area (Å²) in [6, 6.07) is 4.41. The highest BCUT2D eigenvalue weighted by Gasteiger charge is 2.18. The first-order chi connectivity index (χ1) is 7.75. The molecule has 1 aromatic rings. The molecule has 0 aliphatic carbocycles. The summed E-state index contributed by atoms with van der Waals surface area (Å²) in [6.07, 6.45) is 1.12. The van der Waals surface area contributed by atoms with E-state index in [1.165, 1.54) is 12.1 Å². The summed E-state index contributed by atoms with van der Waals surface area (Å²) in [5.41, 5.74) is 4.53. The number of aliphatic hydroxyl groups is 1. The second-order valence-electron chi connectivity index (χ2n) is 3.48. The summed E-state index contributed by atoms with van der Waals surface area (Å²) in [5.74, 6) is 0.275. The van der Waals surface area contributed by atoms with E-state index in [-0.39, 0.29) is 11.9 Å². The van der Waals surface area contributed by atoms with Crippen LogP contribution in [0, 0.1) is 5.82 Å². The number of halogens is 1. The SMILES string of the molecule is CO.[NH3+]c1ccc(F)cc1OC1CCNC1. The van der Waals surface area contributed by atoms with Gasteiger partial charge in [0.15, 0.2) is 11.4 Å². The Bertz CT molecular complexity index is 328. The van der Waals surface area contributed by atoms with Gasteiger partial charge in [0, 0.05) is 25.8 Å². The molecule has 1 heterocycles. The van der Waals surface area contributed by atoms with Crippen LogP contribution in [-0.2, 0) is 0 Å². The highest BCUT2D eigenvalue weighted by molar-refractivity contribution is 5.44. The topological polar surface area (TPSA) is 69.1 Å². The summed E-state index contributed by atoms with van der Waals surface area (Å²) in [6.45, 7) is 1.79. The number of quaternary nitrogens is 1. The molecular weight excluding hydrogens is 211 g/mol. The van der Waals surface area contributed by atoms with Crippen molar-refractivity contribution < 1.29 is 20.0 Å². The normalized spacial score (nSPS) is 18.9. The second kappa shape index (κ2) is 6.42. The molecule has 1 aliphatic rings. The third kappa shape index (κ3) is 3.44. The van der Waals surface area contributed by atoms with E-state index < -0.39 is 0 Å². The van der Waals surface area contributed by atoms with Gasteiger partial charge in [0.2, 0.25) is 0 Å². The zero-order valence-corrected chi connectivity index (χ0v) is 9.37. The van der Waals surface area contributed by atoms with Gasteiger partial charge in [-0.2, -0.15) is 0 Å². The number of aliphatic hydroxyl groups excluding tert-OH is 1. The van der Waals surface area contributed by atoms with Gasteiger partial charge in [-0.3, -0.25) is 0 Å². The molecule has 0 radical (unpaired) electrons. The standard InChI is InChI=1S/C10H13FN2O.CH4O/c11-7-1-2-9(12)10(5-7)14-8-3-4-13-6-8;1-2/h1-2,5,8,13H,3-4,6,12H2;2H,1H3/p+1. The number of hydrogen-bond donors (Lipinski definition) is 3. The van der Waals surface area contributed by atoms with Crippen LogP contribution < -0.4 is 15.8 Å². The van der Waals surface area contributed by atoms with E-state index in [0.29, 0.717) is 5.75 Å². The summed E-state index contributed by atoms with van der Waals surface area (Å²) in [7, 11) is 1.00. The number of ether oxygens (including phenoxy) is 1. The van der Waals surface area contributed by atoms with E-state index in [2.05, 4.69) is 11.1 Å². The van der Waals surface area contributed by atoms with Crippen molar-refractivity contribution >= 4 is 5.69 Å². The lowest BCUT2D eigenvalue weighted by Gasteiger charge is -2.12. The Balaban J connectivity index is 0.000000606. The van der Waals surface area contributed by atoms with Gasteiger partial charge < -0.3 is 20.9 Å². The number of hydrogen-bond acceptors (Lipinski definition) is 3. The molecule has 0 saturated carbocycles. The van der Waals surface area contributed by atoms with Crippen LogP contribution in [0.15, 0.2) is 18.2 Å². The molecule has 5 heteroatoms. The third-order valence-corrected chi connectivity index (χ3v) is 2.34. The van der Waals surface area contributed by atoms with Gasteiger partial charge >= 0.3 is 0 Å². The van der Waals surface area contributed by atoms with Crippen molar-refractivity contribution in [2.75, 3.05) is 20.2 Å². The number of rotatable bonds is 2. The summed E-state index contributed by atoms with van der Waals surface area (Å²) in [4.78, 5) is 0. The molecule has 1 saturated heterocycles. The number of benzene rings is 1. The first kappa shape index (κ1) is 12.9. The molecule has 1 aliphatic heterocycles. The van der Waals surface area contributed by atoms with E-state index in [4.69, 9.17) is 9.84 Å². The zero-order chi connectivity index (χ0) is 12.0. The van der Waals surface area contributed by atoms with E-state index in [9.17, 15) is 4.39 Å². The smallest absolute Gasteiger partial charge is 0.183 e. The summed E-state index contributed by atoms with van der Waals surface area (Å²) >= 11 is 0. The van der Waals surface area contributed by atoms with E-state index in [1.807, 2.05) is 0 Å². The first-order valence-corrected chi connectivity index (χ1v) is 5.19. The van der Waals surface area contributed by atoms with Crippen LogP contribution in [0.4, 0.5) is 10.1 Å². The van der Waals surface area contributed by atoms with E-state index >= 15 is 0 Å². The van der Waals surface area contributed by atoms with Crippen molar-refractivity contribution in [2.45, 2.75) is 12.5 Å². The average Bonchev–Trinajstić information content (AvgIpc) is 2.79. The molecule has 1 unspecified atom stereocenters. The predicted octanol–water partition coefficient (Wildman–Crippen LogP) is 0.0483. The van der Waals surface area contributed by atoms with Gasteiger partial charge in [0.05, 0.1) is 0 Å². The Hall–Kier alpha value is -1.17. The Morgan fingerprint density at radius 3 is 2.88 bits per heavy atom. The predicted molar refractivity (Wildman–Crippen MR) is 59.0 cm³/mol. The van der Waals surface area contributed by atoms with Crippen LogP contribution in [0.2, 0.25) is 0 Å². The van der Waals surface area contributed by atoms with Crippen LogP contribution in [0.3, 0.4) is 0 Å². The lowest BCUT2D eigenvalue weighted by molar-refractivity contribution is -0.257. The maximum atomic E-state index is 12.9. The van der Waals surface area contributed by atoms with Gasteiger partial charge in [-0.25, -0.2) is 4.39 Å².